The Balaban J connectivity index is 0. The van der Waals surface area contributed by atoms with Gasteiger partial charge in [0.2, 0.25) is 0 Å². The number of hydrogen-bond acceptors (Lipinski definition) is 1. The number of rotatable bonds is 1. The van der Waals surface area contributed by atoms with Gasteiger partial charge in [0.05, 0.1) is 0 Å². The summed E-state index contributed by atoms with van der Waals surface area (Å²) < 4.78 is 4.94. The van der Waals surface area contributed by atoms with Crippen molar-refractivity contribution in [2.75, 3.05) is 13.2 Å². The quantitative estimate of drug-likeness (QED) is 0.380. The van der Waals surface area contributed by atoms with E-state index in [4.69, 9.17) is 4.74 Å². The van der Waals surface area contributed by atoms with Crippen molar-refractivity contribution >= 4 is 0 Å². The number of ether oxygens (including phenoxy) is 1. The van der Waals surface area contributed by atoms with Crippen molar-refractivity contribution in [3.63, 3.8) is 0 Å². The Morgan fingerprint density at radius 3 is 2.20 bits per heavy atom. The van der Waals surface area contributed by atoms with Crippen LogP contribution in [-0.4, -0.2) is 13.2 Å². The Morgan fingerprint density at radius 1 is 1.27 bits per heavy atom. The zero-order valence-corrected chi connectivity index (χ0v) is 14.5. The standard InChI is InChI=1S/C8H9.C4H8O.HI.Zn/c1-2-8-6-4-3-5-7-8;1-2-4-5-3-1;;/h3-6H,2H2,1H3;1-4H2;1H;/q-1;;;+2/p-1. The van der Waals surface area contributed by atoms with Gasteiger partial charge in [0.15, 0.2) is 0 Å². The Bertz CT molecular complexity index is 205. The summed E-state index contributed by atoms with van der Waals surface area (Å²) >= 11 is 0. The molecule has 0 aromatic heterocycles. The van der Waals surface area contributed by atoms with Crippen molar-refractivity contribution in [3.8, 4) is 0 Å². The van der Waals surface area contributed by atoms with Crippen LogP contribution in [0, 0.1) is 6.07 Å². The number of hydrogen-bond donors (Lipinski definition) is 0. The van der Waals surface area contributed by atoms with Gasteiger partial charge in [0.25, 0.3) is 0 Å². The van der Waals surface area contributed by atoms with Crippen LogP contribution in [0.15, 0.2) is 24.3 Å². The predicted molar refractivity (Wildman–Crippen MR) is 54.7 cm³/mol. The fourth-order valence-corrected chi connectivity index (χ4v) is 1.16. The molecule has 15 heavy (non-hydrogen) atoms. The maximum absolute atomic E-state index is 4.94. The molecule has 0 saturated carbocycles. The Morgan fingerprint density at radius 2 is 1.93 bits per heavy atom. The summed E-state index contributed by atoms with van der Waals surface area (Å²) in [4.78, 5) is 0. The van der Waals surface area contributed by atoms with Crippen molar-refractivity contribution in [1.82, 2.24) is 0 Å². The molecule has 0 spiro atoms. The largest absolute Gasteiger partial charge is 2.00 e. The minimum Gasteiger partial charge on any atom is -1.00 e. The van der Waals surface area contributed by atoms with Crippen LogP contribution < -0.4 is 24.0 Å². The van der Waals surface area contributed by atoms with Crippen molar-refractivity contribution < 1.29 is 48.2 Å². The number of benzene rings is 1. The molecule has 1 aromatic carbocycles. The molecular formula is C12H17IOZn. The van der Waals surface area contributed by atoms with Crippen LogP contribution in [0.5, 0.6) is 0 Å². The third-order valence-corrected chi connectivity index (χ3v) is 1.98. The van der Waals surface area contributed by atoms with E-state index in [1.54, 1.807) is 0 Å². The van der Waals surface area contributed by atoms with Crippen molar-refractivity contribution in [1.29, 1.82) is 0 Å². The molecule has 1 aliphatic heterocycles. The van der Waals surface area contributed by atoms with Gasteiger partial charge in [-0.05, 0) is 12.8 Å². The average Bonchev–Trinajstić information content (AvgIpc) is 2.77. The van der Waals surface area contributed by atoms with Gasteiger partial charge < -0.3 is 28.7 Å². The van der Waals surface area contributed by atoms with Gasteiger partial charge in [-0.2, -0.15) is 35.9 Å². The van der Waals surface area contributed by atoms with E-state index in [1.807, 2.05) is 18.2 Å². The van der Waals surface area contributed by atoms with Gasteiger partial charge in [-0.3, -0.25) is 0 Å². The first kappa shape index (κ1) is 17.9. The number of halogens is 1. The third-order valence-electron chi connectivity index (χ3n) is 1.98. The van der Waals surface area contributed by atoms with Gasteiger partial charge in [-0.15, -0.1) is 0 Å². The fraction of sp³-hybridized carbons (Fsp3) is 0.500. The van der Waals surface area contributed by atoms with Gasteiger partial charge in [-0.25, -0.2) is 0 Å². The zero-order valence-electron chi connectivity index (χ0n) is 9.34. The van der Waals surface area contributed by atoms with Crippen LogP contribution in [0.3, 0.4) is 0 Å². The van der Waals surface area contributed by atoms with Crippen molar-refractivity contribution in [3.05, 3.63) is 35.9 Å². The molecule has 80 valence electrons. The van der Waals surface area contributed by atoms with Crippen molar-refractivity contribution in [2.45, 2.75) is 26.2 Å². The van der Waals surface area contributed by atoms with Crippen LogP contribution in [0.25, 0.3) is 0 Å². The maximum Gasteiger partial charge on any atom is 2.00 e. The van der Waals surface area contributed by atoms with E-state index in [-0.39, 0.29) is 43.5 Å². The Hall–Kier alpha value is 0.533. The van der Waals surface area contributed by atoms with Gasteiger partial charge in [-0.1, -0.05) is 13.3 Å². The van der Waals surface area contributed by atoms with Crippen LogP contribution in [0.4, 0.5) is 0 Å². The molecule has 0 N–H and O–H groups in total. The number of aryl methyl sites for hydroxylation is 1. The molecule has 3 heteroatoms. The van der Waals surface area contributed by atoms with E-state index in [0.717, 1.165) is 19.6 Å². The van der Waals surface area contributed by atoms with Crippen LogP contribution in [0.1, 0.15) is 25.3 Å². The van der Waals surface area contributed by atoms with Crippen molar-refractivity contribution in [2.24, 2.45) is 0 Å². The summed E-state index contributed by atoms with van der Waals surface area (Å²) in [6.45, 7) is 4.13. The molecular weight excluding hydrogens is 352 g/mol. The molecule has 1 nitrogen and oxygen atoms in total. The molecule has 0 radical (unpaired) electrons. The first-order valence-electron chi connectivity index (χ1n) is 4.97. The first-order chi connectivity index (χ1) is 6.43. The Labute approximate surface area is 123 Å². The second-order valence-electron chi connectivity index (χ2n) is 3.06. The van der Waals surface area contributed by atoms with Crippen LogP contribution in [-0.2, 0) is 30.6 Å². The second kappa shape index (κ2) is 12.6. The molecule has 1 saturated heterocycles. The normalized spacial score (nSPS) is 12.9. The molecule has 1 aliphatic rings. The van der Waals surface area contributed by atoms with E-state index < -0.39 is 0 Å². The minimum absolute atomic E-state index is 0. The summed E-state index contributed by atoms with van der Waals surface area (Å²) in [5, 5.41) is 0. The SMILES string of the molecule is C1CCOC1.CCc1[c-]cccc1.[I-].[Zn+2]. The monoisotopic (exact) mass is 368 g/mol. The molecule has 0 amide bonds. The molecule has 0 unspecified atom stereocenters. The Kier molecular flexibility index (Phi) is 15.1. The maximum atomic E-state index is 4.94. The van der Waals surface area contributed by atoms with E-state index in [9.17, 15) is 0 Å². The second-order valence-corrected chi connectivity index (χ2v) is 3.06. The molecule has 0 aliphatic carbocycles. The van der Waals surface area contributed by atoms with Crippen LogP contribution >= 0.6 is 0 Å². The first-order valence-corrected chi connectivity index (χ1v) is 4.97. The van der Waals surface area contributed by atoms with E-state index in [1.165, 1.54) is 18.4 Å². The molecule has 0 atom stereocenters. The third kappa shape index (κ3) is 9.46. The topological polar surface area (TPSA) is 9.23 Å². The summed E-state index contributed by atoms with van der Waals surface area (Å²) in [6.07, 6.45) is 3.64. The molecule has 1 heterocycles. The summed E-state index contributed by atoms with van der Waals surface area (Å²) in [6, 6.07) is 11.2. The molecule has 1 fully saturated rings. The van der Waals surface area contributed by atoms with E-state index in [0.29, 0.717) is 0 Å². The molecule has 0 bridgehead atoms. The zero-order chi connectivity index (χ0) is 9.36. The predicted octanol–water partition coefficient (Wildman–Crippen LogP) is -0.153. The minimum atomic E-state index is 0. The van der Waals surface area contributed by atoms with Gasteiger partial charge >= 0.3 is 19.5 Å². The fourth-order valence-electron chi connectivity index (χ4n) is 1.16. The smallest absolute Gasteiger partial charge is 1.00 e. The van der Waals surface area contributed by atoms with E-state index >= 15 is 0 Å². The van der Waals surface area contributed by atoms with E-state index in [2.05, 4.69) is 19.1 Å². The summed E-state index contributed by atoms with van der Waals surface area (Å²) in [5.74, 6) is 0. The van der Waals surface area contributed by atoms with Gasteiger partial charge in [0, 0.05) is 13.2 Å². The molecule has 2 rings (SSSR count). The molecule has 1 aromatic rings. The van der Waals surface area contributed by atoms with Gasteiger partial charge in [0.1, 0.15) is 0 Å². The summed E-state index contributed by atoms with van der Waals surface area (Å²) in [5.41, 5.74) is 1.28. The summed E-state index contributed by atoms with van der Waals surface area (Å²) in [7, 11) is 0. The average molecular weight is 370 g/mol. The van der Waals surface area contributed by atoms with Crippen LogP contribution in [0.2, 0.25) is 0 Å².